The molecule has 0 aliphatic rings. The Morgan fingerprint density at radius 3 is 2.46 bits per heavy atom. The number of nitrogens with zero attached hydrogens (tertiary/aromatic N) is 3. The fourth-order valence-corrected chi connectivity index (χ4v) is 3.67. The first-order chi connectivity index (χ1) is 12.8. The summed E-state index contributed by atoms with van der Waals surface area (Å²) in [4.78, 5) is 18.0. The SMILES string of the molecule is CCc1nn2c(CNC(=O)c3ccccc3)c(-c3ccccc3)nc2s1. The van der Waals surface area contributed by atoms with E-state index >= 15 is 0 Å². The molecule has 0 aliphatic heterocycles. The van der Waals surface area contributed by atoms with Gasteiger partial charge in [-0.3, -0.25) is 4.79 Å². The van der Waals surface area contributed by atoms with Gasteiger partial charge in [-0.1, -0.05) is 66.8 Å². The highest BCUT2D eigenvalue weighted by Gasteiger charge is 2.18. The van der Waals surface area contributed by atoms with Crippen LogP contribution in [0, 0.1) is 0 Å². The smallest absolute Gasteiger partial charge is 0.251 e. The van der Waals surface area contributed by atoms with Crippen LogP contribution in [0.3, 0.4) is 0 Å². The molecule has 0 fully saturated rings. The van der Waals surface area contributed by atoms with Gasteiger partial charge in [-0.05, 0) is 18.6 Å². The summed E-state index contributed by atoms with van der Waals surface area (Å²) in [5, 5.41) is 8.68. The summed E-state index contributed by atoms with van der Waals surface area (Å²) >= 11 is 1.59. The van der Waals surface area contributed by atoms with Crippen molar-refractivity contribution in [3.63, 3.8) is 0 Å². The summed E-state index contributed by atoms with van der Waals surface area (Å²) in [7, 11) is 0. The molecule has 130 valence electrons. The zero-order chi connectivity index (χ0) is 17.9. The van der Waals surface area contributed by atoms with Gasteiger partial charge in [0.2, 0.25) is 4.96 Å². The minimum absolute atomic E-state index is 0.106. The first-order valence-electron chi connectivity index (χ1n) is 8.52. The molecule has 0 spiro atoms. The molecular formula is C20H18N4OS. The number of carbonyl (C=O) groups is 1. The molecule has 0 unspecified atom stereocenters. The van der Waals surface area contributed by atoms with Crippen LogP contribution < -0.4 is 5.32 Å². The molecule has 0 atom stereocenters. The van der Waals surface area contributed by atoms with Gasteiger partial charge in [-0.25, -0.2) is 9.50 Å². The molecule has 0 saturated heterocycles. The zero-order valence-electron chi connectivity index (χ0n) is 14.3. The number of benzene rings is 2. The average molecular weight is 362 g/mol. The molecule has 26 heavy (non-hydrogen) atoms. The van der Waals surface area contributed by atoms with E-state index in [1.165, 1.54) is 0 Å². The van der Waals surface area contributed by atoms with E-state index in [0.717, 1.165) is 33.3 Å². The summed E-state index contributed by atoms with van der Waals surface area (Å²) in [5.41, 5.74) is 3.42. The van der Waals surface area contributed by atoms with Crippen LogP contribution in [0.1, 0.15) is 28.0 Å². The second kappa shape index (κ2) is 7.09. The van der Waals surface area contributed by atoms with Crippen molar-refractivity contribution in [2.24, 2.45) is 0 Å². The molecule has 2 aromatic carbocycles. The van der Waals surface area contributed by atoms with Crippen LogP contribution in [-0.2, 0) is 13.0 Å². The van der Waals surface area contributed by atoms with Crippen molar-refractivity contribution in [1.29, 1.82) is 0 Å². The Morgan fingerprint density at radius 2 is 1.77 bits per heavy atom. The van der Waals surface area contributed by atoms with Gasteiger partial charge in [0, 0.05) is 11.1 Å². The third kappa shape index (κ3) is 3.11. The van der Waals surface area contributed by atoms with Crippen LogP contribution in [0.2, 0.25) is 0 Å². The van der Waals surface area contributed by atoms with Crippen LogP contribution in [0.25, 0.3) is 16.2 Å². The molecule has 2 heterocycles. The van der Waals surface area contributed by atoms with E-state index in [1.807, 2.05) is 53.0 Å². The minimum Gasteiger partial charge on any atom is -0.346 e. The monoisotopic (exact) mass is 362 g/mol. The Balaban J connectivity index is 1.69. The largest absolute Gasteiger partial charge is 0.346 e. The van der Waals surface area contributed by atoms with Gasteiger partial charge in [0.1, 0.15) is 5.01 Å². The number of fused-ring (bicyclic) bond motifs is 1. The standard InChI is InChI=1S/C20H18N4OS/c1-2-17-23-24-16(13-21-19(25)15-11-7-4-8-12-15)18(22-20(24)26-17)14-9-5-3-6-10-14/h3-12H,2,13H2,1H3,(H,21,25). The molecule has 5 nitrogen and oxygen atoms in total. The third-order valence-electron chi connectivity index (χ3n) is 4.14. The molecule has 4 rings (SSSR count). The number of aryl methyl sites for hydroxylation is 1. The highest BCUT2D eigenvalue weighted by Crippen LogP contribution is 2.27. The number of amides is 1. The van der Waals surface area contributed by atoms with Crippen LogP contribution in [0.5, 0.6) is 0 Å². The maximum atomic E-state index is 12.4. The Hall–Kier alpha value is -2.99. The number of imidazole rings is 1. The molecule has 6 heteroatoms. The van der Waals surface area contributed by atoms with E-state index in [1.54, 1.807) is 23.5 Å². The van der Waals surface area contributed by atoms with Crippen LogP contribution in [0.4, 0.5) is 0 Å². The fraction of sp³-hybridized carbons (Fsp3) is 0.150. The second-order valence-corrected chi connectivity index (χ2v) is 6.91. The first kappa shape index (κ1) is 16.5. The van der Waals surface area contributed by atoms with Gasteiger partial charge < -0.3 is 5.32 Å². The first-order valence-corrected chi connectivity index (χ1v) is 9.34. The fourth-order valence-electron chi connectivity index (χ4n) is 2.81. The number of hydrogen-bond donors (Lipinski definition) is 1. The predicted molar refractivity (Wildman–Crippen MR) is 103 cm³/mol. The van der Waals surface area contributed by atoms with Crippen molar-refractivity contribution in [2.45, 2.75) is 19.9 Å². The van der Waals surface area contributed by atoms with Gasteiger partial charge in [0.25, 0.3) is 5.91 Å². The number of carbonyl (C=O) groups excluding carboxylic acids is 1. The number of aromatic nitrogens is 3. The summed E-state index contributed by atoms with van der Waals surface area (Å²) in [5.74, 6) is -0.106. The number of nitrogens with one attached hydrogen (secondary N) is 1. The molecule has 1 N–H and O–H groups in total. The van der Waals surface area contributed by atoms with E-state index in [9.17, 15) is 4.79 Å². The van der Waals surface area contributed by atoms with Crippen LogP contribution >= 0.6 is 11.3 Å². The summed E-state index contributed by atoms with van der Waals surface area (Å²) in [6.07, 6.45) is 0.866. The molecular weight excluding hydrogens is 344 g/mol. The summed E-state index contributed by atoms with van der Waals surface area (Å²) < 4.78 is 1.86. The third-order valence-corrected chi connectivity index (χ3v) is 5.19. The van der Waals surface area contributed by atoms with Crippen molar-refractivity contribution in [1.82, 2.24) is 19.9 Å². The van der Waals surface area contributed by atoms with Crippen molar-refractivity contribution in [2.75, 3.05) is 0 Å². The van der Waals surface area contributed by atoms with Crippen molar-refractivity contribution in [3.8, 4) is 11.3 Å². The van der Waals surface area contributed by atoms with Gasteiger partial charge >= 0.3 is 0 Å². The highest BCUT2D eigenvalue weighted by atomic mass is 32.1. The van der Waals surface area contributed by atoms with Crippen molar-refractivity contribution < 1.29 is 4.79 Å². The zero-order valence-corrected chi connectivity index (χ0v) is 15.2. The second-order valence-electron chi connectivity index (χ2n) is 5.87. The Labute approximate surface area is 155 Å². The minimum atomic E-state index is -0.106. The molecule has 0 bridgehead atoms. The van der Waals surface area contributed by atoms with E-state index in [0.29, 0.717) is 12.1 Å². The molecule has 0 aliphatic carbocycles. The summed E-state index contributed by atoms with van der Waals surface area (Å²) in [6.45, 7) is 2.44. The van der Waals surface area contributed by atoms with E-state index in [-0.39, 0.29) is 5.91 Å². The molecule has 2 aromatic heterocycles. The number of hydrogen-bond acceptors (Lipinski definition) is 4. The van der Waals surface area contributed by atoms with Crippen LogP contribution in [0.15, 0.2) is 60.7 Å². The van der Waals surface area contributed by atoms with E-state index in [2.05, 4.69) is 17.3 Å². The lowest BCUT2D eigenvalue weighted by molar-refractivity contribution is 0.0950. The van der Waals surface area contributed by atoms with Crippen molar-refractivity contribution in [3.05, 3.63) is 76.9 Å². The normalized spacial score (nSPS) is 11.0. The molecule has 0 radical (unpaired) electrons. The van der Waals surface area contributed by atoms with Gasteiger partial charge in [0.15, 0.2) is 0 Å². The Bertz CT molecular complexity index is 1040. The van der Waals surface area contributed by atoms with E-state index < -0.39 is 0 Å². The molecule has 4 aromatic rings. The average Bonchev–Trinajstić information content (AvgIpc) is 3.25. The maximum Gasteiger partial charge on any atom is 0.251 e. The highest BCUT2D eigenvalue weighted by molar-refractivity contribution is 7.16. The lowest BCUT2D eigenvalue weighted by Crippen LogP contribution is -2.24. The van der Waals surface area contributed by atoms with Gasteiger partial charge in [-0.15, -0.1) is 0 Å². The molecule has 1 amide bonds. The Kier molecular flexibility index (Phi) is 4.50. The predicted octanol–water partition coefficient (Wildman–Crippen LogP) is 3.95. The maximum absolute atomic E-state index is 12.4. The van der Waals surface area contributed by atoms with E-state index in [4.69, 9.17) is 4.98 Å². The summed E-state index contributed by atoms with van der Waals surface area (Å²) in [6, 6.07) is 19.2. The van der Waals surface area contributed by atoms with Crippen LogP contribution in [-0.4, -0.2) is 20.5 Å². The lowest BCUT2D eigenvalue weighted by atomic mass is 10.1. The quantitative estimate of drug-likeness (QED) is 0.585. The van der Waals surface area contributed by atoms with Gasteiger partial charge in [0.05, 0.1) is 17.9 Å². The molecule has 0 saturated carbocycles. The van der Waals surface area contributed by atoms with Gasteiger partial charge in [-0.2, -0.15) is 5.10 Å². The Morgan fingerprint density at radius 1 is 1.08 bits per heavy atom. The topological polar surface area (TPSA) is 59.3 Å². The van der Waals surface area contributed by atoms with Crippen molar-refractivity contribution >= 4 is 22.2 Å². The number of rotatable bonds is 5. The lowest BCUT2D eigenvalue weighted by Gasteiger charge is -2.07.